The number of sulfone groups is 1. The molecular formula is C8H11ClN2O3S. The lowest BCUT2D eigenvalue weighted by molar-refractivity contribution is 0.112. The normalized spacial score (nSPS) is 11.7. The maximum Gasteiger partial charge on any atom is 0.155 e. The van der Waals surface area contributed by atoms with Gasteiger partial charge in [0.2, 0.25) is 0 Å². The van der Waals surface area contributed by atoms with Crippen molar-refractivity contribution < 1.29 is 13.2 Å². The summed E-state index contributed by atoms with van der Waals surface area (Å²) in [5, 5.41) is 4.16. The Morgan fingerprint density at radius 1 is 1.53 bits per heavy atom. The molecule has 15 heavy (non-hydrogen) atoms. The van der Waals surface area contributed by atoms with E-state index in [-0.39, 0.29) is 17.5 Å². The van der Waals surface area contributed by atoms with Crippen LogP contribution in [0.15, 0.2) is 0 Å². The Bertz CT molecular complexity index is 478. The molecule has 0 saturated carbocycles. The van der Waals surface area contributed by atoms with Crippen molar-refractivity contribution in [3.63, 3.8) is 0 Å². The Labute approximate surface area is 93.0 Å². The molecule has 0 bridgehead atoms. The van der Waals surface area contributed by atoms with Crippen molar-refractivity contribution >= 4 is 27.7 Å². The first kappa shape index (κ1) is 12.2. The largest absolute Gasteiger partial charge is 0.298 e. The Morgan fingerprint density at radius 3 is 2.53 bits per heavy atom. The summed E-state index contributed by atoms with van der Waals surface area (Å²) in [5.74, 6) is -0.0495. The summed E-state index contributed by atoms with van der Waals surface area (Å²) in [5.41, 5.74) is 0.814. The van der Waals surface area contributed by atoms with Crippen LogP contribution >= 0.6 is 11.6 Å². The van der Waals surface area contributed by atoms with Gasteiger partial charge in [-0.15, -0.1) is 0 Å². The van der Waals surface area contributed by atoms with Crippen molar-refractivity contribution in [1.82, 2.24) is 9.78 Å². The van der Waals surface area contributed by atoms with Crippen LogP contribution in [0.2, 0.25) is 5.15 Å². The molecule has 0 aromatic carbocycles. The fourth-order valence-electron chi connectivity index (χ4n) is 1.10. The molecule has 0 aliphatic rings. The van der Waals surface area contributed by atoms with Crippen molar-refractivity contribution in [2.24, 2.45) is 0 Å². The van der Waals surface area contributed by atoms with Crippen molar-refractivity contribution in [2.75, 3.05) is 12.0 Å². The first-order valence-corrected chi connectivity index (χ1v) is 6.65. The molecule has 1 rings (SSSR count). The van der Waals surface area contributed by atoms with E-state index in [9.17, 15) is 13.2 Å². The van der Waals surface area contributed by atoms with Crippen LogP contribution in [0, 0.1) is 6.92 Å². The van der Waals surface area contributed by atoms with Crippen molar-refractivity contribution in [2.45, 2.75) is 13.5 Å². The van der Waals surface area contributed by atoms with E-state index in [0.717, 1.165) is 6.26 Å². The zero-order valence-electron chi connectivity index (χ0n) is 8.40. The number of halogens is 1. The molecule has 0 fully saturated rings. The Hall–Kier alpha value is -0.880. The second-order valence-corrected chi connectivity index (χ2v) is 5.88. The van der Waals surface area contributed by atoms with Crippen LogP contribution < -0.4 is 0 Å². The average molecular weight is 251 g/mol. The van der Waals surface area contributed by atoms with E-state index in [1.165, 1.54) is 4.68 Å². The van der Waals surface area contributed by atoms with E-state index in [4.69, 9.17) is 11.6 Å². The quantitative estimate of drug-likeness (QED) is 0.738. The number of rotatable bonds is 4. The molecule has 0 aliphatic carbocycles. The van der Waals surface area contributed by atoms with Gasteiger partial charge < -0.3 is 0 Å². The van der Waals surface area contributed by atoms with E-state index < -0.39 is 9.84 Å². The summed E-state index contributed by atoms with van der Waals surface area (Å²) in [6.07, 6.45) is 1.75. The minimum Gasteiger partial charge on any atom is -0.298 e. The summed E-state index contributed by atoms with van der Waals surface area (Å²) >= 11 is 5.83. The van der Waals surface area contributed by atoms with E-state index in [2.05, 4.69) is 5.10 Å². The van der Waals surface area contributed by atoms with Crippen LogP contribution in [0.5, 0.6) is 0 Å². The molecule has 0 N–H and O–H groups in total. The van der Waals surface area contributed by atoms with Crippen LogP contribution in [-0.2, 0) is 16.4 Å². The highest BCUT2D eigenvalue weighted by Gasteiger charge is 2.13. The molecule has 0 atom stereocenters. The first-order chi connectivity index (χ1) is 6.85. The second-order valence-electron chi connectivity index (χ2n) is 3.26. The fourth-order valence-corrected chi connectivity index (χ4v) is 1.91. The van der Waals surface area contributed by atoms with E-state index in [1.54, 1.807) is 6.92 Å². The maximum absolute atomic E-state index is 10.9. The minimum atomic E-state index is -3.06. The zero-order chi connectivity index (χ0) is 11.6. The topological polar surface area (TPSA) is 69.0 Å². The van der Waals surface area contributed by atoms with E-state index >= 15 is 0 Å². The lowest BCUT2D eigenvalue weighted by Gasteiger charge is -2.01. The average Bonchev–Trinajstić information content (AvgIpc) is 2.37. The van der Waals surface area contributed by atoms with Crippen molar-refractivity contribution in [3.8, 4) is 0 Å². The standard InChI is InChI=1S/C8H11ClN2O3S/c1-6-7(5-12)8(9)11(10-6)3-4-15(2,13)14/h5H,3-4H2,1-2H3. The van der Waals surface area contributed by atoms with Crippen LogP contribution in [0.1, 0.15) is 16.1 Å². The van der Waals surface area contributed by atoms with Crippen LogP contribution in [0.25, 0.3) is 0 Å². The lowest BCUT2D eigenvalue weighted by atomic mass is 10.3. The number of carbonyl (C=O) groups is 1. The number of carbonyl (C=O) groups excluding carboxylic acids is 1. The summed E-state index contributed by atoms with van der Waals surface area (Å²) < 4.78 is 23.2. The van der Waals surface area contributed by atoms with Gasteiger partial charge in [0.1, 0.15) is 15.0 Å². The summed E-state index contributed by atoms with van der Waals surface area (Å²) in [7, 11) is -3.06. The van der Waals surface area contributed by atoms with Crippen molar-refractivity contribution in [1.29, 1.82) is 0 Å². The van der Waals surface area contributed by atoms with Gasteiger partial charge in [-0.05, 0) is 6.92 Å². The molecule has 0 amide bonds. The fraction of sp³-hybridized carbons (Fsp3) is 0.500. The molecule has 0 radical (unpaired) electrons. The highest BCUT2D eigenvalue weighted by atomic mass is 35.5. The summed E-state index contributed by atoms with van der Waals surface area (Å²) in [6.45, 7) is 1.80. The first-order valence-electron chi connectivity index (χ1n) is 4.21. The molecule has 0 spiro atoms. The molecule has 0 saturated heterocycles. The molecule has 1 aromatic rings. The van der Waals surface area contributed by atoms with Gasteiger partial charge in [0.25, 0.3) is 0 Å². The van der Waals surface area contributed by atoms with E-state index in [1.807, 2.05) is 0 Å². The van der Waals surface area contributed by atoms with Gasteiger partial charge in [0.15, 0.2) is 6.29 Å². The molecule has 1 aromatic heterocycles. The van der Waals surface area contributed by atoms with Gasteiger partial charge in [0, 0.05) is 6.26 Å². The molecule has 1 heterocycles. The third-order valence-corrected chi connectivity index (χ3v) is 3.22. The number of nitrogens with zero attached hydrogens (tertiary/aromatic N) is 2. The minimum absolute atomic E-state index is 0.0495. The highest BCUT2D eigenvalue weighted by Crippen LogP contribution is 2.17. The molecular weight excluding hydrogens is 240 g/mol. The third-order valence-electron chi connectivity index (χ3n) is 1.90. The molecule has 7 heteroatoms. The van der Waals surface area contributed by atoms with Crippen LogP contribution in [0.3, 0.4) is 0 Å². The highest BCUT2D eigenvalue weighted by molar-refractivity contribution is 7.90. The van der Waals surface area contributed by atoms with Gasteiger partial charge in [-0.3, -0.25) is 9.48 Å². The van der Waals surface area contributed by atoms with Gasteiger partial charge in [-0.2, -0.15) is 5.10 Å². The summed E-state index contributed by atoms with van der Waals surface area (Å²) in [6, 6.07) is 0. The number of aryl methyl sites for hydroxylation is 2. The van der Waals surface area contributed by atoms with Crippen molar-refractivity contribution in [3.05, 3.63) is 16.4 Å². The third kappa shape index (κ3) is 3.04. The maximum atomic E-state index is 10.9. The number of aldehydes is 1. The Balaban J connectivity index is 2.92. The van der Waals surface area contributed by atoms with E-state index in [0.29, 0.717) is 17.5 Å². The van der Waals surface area contributed by atoms with Gasteiger partial charge in [-0.1, -0.05) is 11.6 Å². The van der Waals surface area contributed by atoms with Gasteiger partial charge in [-0.25, -0.2) is 8.42 Å². The summed E-state index contributed by atoms with van der Waals surface area (Å²) in [4.78, 5) is 10.6. The SMILES string of the molecule is Cc1nn(CCS(C)(=O)=O)c(Cl)c1C=O. The van der Waals surface area contributed by atoms with Gasteiger partial charge in [0.05, 0.1) is 23.6 Å². The molecule has 5 nitrogen and oxygen atoms in total. The predicted octanol–water partition coefficient (Wildman–Crippen LogP) is 0.702. The molecule has 84 valence electrons. The zero-order valence-corrected chi connectivity index (χ0v) is 9.97. The number of aromatic nitrogens is 2. The van der Waals surface area contributed by atoms with Crippen LogP contribution in [-0.4, -0.2) is 36.5 Å². The molecule has 0 unspecified atom stereocenters. The monoisotopic (exact) mass is 250 g/mol. The Morgan fingerprint density at radius 2 is 2.13 bits per heavy atom. The second kappa shape index (κ2) is 4.32. The Kier molecular flexibility index (Phi) is 3.51. The number of hydrogen-bond donors (Lipinski definition) is 0. The molecule has 0 aliphatic heterocycles. The predicted molar refractivity (Wildman–Crippen MR) is 57.1 cm³/mol. The van der Waals surface area contributed by atoms with Gasteiger partial charge >= 0.3 is 0 Å². The lowest BCUT2D eigenvalue weighted by Crippen LogP contribution is -2.12. The number of hydrogen-bond acceptors (Lipinski definition) is 4. The smallest absolute Gasteiger partial charge is 0.155 e. The van der Waals surface area contributed by atoms with Crippen LogP contribution in [0.4, 0.5) is 0 Å².